The lowest BCUT2D eigenvalue weighted by Crippen LogP contribution is -2.00. The molecule has 57 heavy (non-hydrogen) atoms. The lowest BCUT2D eigenvalue weighted by atomic mass is 9.93. The van der Waals surface area contributed by atoms with Crippen molar-refractivity contribution in [3.8, 4) is 56.4 Å². The molecule has 6 heteroatoms. The third-order valence-electron chi connectivity index (χ3n) is 10.9. The van der Waals surface area contributed by atoms with Crippen LogP contribution in [0.4, 0.5) is 0 Å². The highest BCUT2D eigenvalue weighted by molar-refractivity contribution is 7.26. The van der Waals surface area contributed by atoms with Crippen LogP contribution in [-0.4, -0.2) is 15.0 Å². The third-order valence-corrected chi connectivity index (χ3v) is 13.2. The summed E-state index contributed by atoms with van der Waals surface area (Å²) in [5, 5.41) is 7.20. The zero-order chi connectivity index (χ0) is 37.5. The van der Waals surface area contributed by atoms with Crippen molar-refractivity contribution >= 4 is 85.0 Å². The Bertz CT molecular complexity index is 3470. The average molecular weight is 764 g/mol. The second-order valence-electron chi connectivity index (χ2n) is 14.3. The van der Waals surface area contributed by atoms with Gasteiger partial charge < -0.3 is 4.42 Å². The van der Waals surface area contributed by atoms with Crippen LogP contribution in [0.25, 0.3) is 119 Å². The molecule has 12 rings (SSSR count). The maximum Gasteiger partial charge on any atom is 0.164 e. The molecule has 0 radical (unpaired) electrons. The molecule has 4 aromatic heterocycles. The fraction of sp³-hybridized carbons (Fsp3) is 0. The second kappa shape index (κ2) is 12.8. The summed E-state index contributed by atoms with van der Waals surface area (Å²) in [6.45, 7) is 0. The van der Waals surface area contributed by atoms with Crippen LogP contribution in [0.2, 0.25) is 0 Å². The van der Waals surface area contributed by atoms with E-state index >= 15 is 0 Å². The molecule has 0 saturated heterocycles. The summed E-state index contributed by atoms with van der Waals surface area (Å²) in [6.07, 6.45) is 0. The molecular weight excluding hydrogens is 735 g/mol. The quantitative estimate of drug-likeness (QED) is 0.175. The molecule has 12 aromatic rings. The van der Waals surface area contributed by atoms with Crippen LogP contribution in [0.15, 0.2) is 180 Å². The van der Waals surface area contributed by atoms with Gasteiger partial charge in [0.05, 0.1) is 0 Å². The largest absolute Gasteiger partial charge is 0.456 e. The molecular formula is C51H29N3OS2. The summed E-state index contributed by atoms with van der Waals surface area (Å²) in [6, 6.07) is 62.1. The van der Waals surface area contributed by atoms with Crippen LogP contribution < -0.4 is 0 Å². The van der Waals surface area contributed by atoms with Gasteiger partial charge in [-0.1, -0.05) is 121 Å². The van der Waals surface area contributed by atoms with Crippen LogP contribution in [0.5, 0.6) is 0 Å². The minimum atomic E-state index is 0.607. The molecule has 4 heterocycles. The third kappa shape index (κ3) is 5.30. The summed E-state index contributed by atoms with van der Waals surface area (Å²) in [4.78, 5) is 15.0. The smallest absolute Gasteiger partial charge is 0.164 e. The van der Waals surface area contributed by atoms with Crippen molar-refractivity contribution in [1.29, 1.82) is 0 Å². The minimum absolute atomic E-state index is 0.607. The van der Waals surface area contributed by atoms with E-state index in [0.29, 0.717) is 17.5 Å². The molecule has 266 valence electrons. The predicted molar refractivity (Wildman–Crippen MR) is 240 cm³/mol. The lowest BCUT2D eigenvalue weighted by molar-refractivity contribution is 0.669. The molecule has 0 amide bonds. The maximum absolute atomic E-state index is 6.67. The Labute approximate surface area is 335 Å². The summed E-state index contributed by atoms with van der Waals surface area (Å²) in [7, 11) is 0. The Hall–Kier alpha value is -6.99. The summed E-state index contributed by atoms with van der Waals surface area (Å²) < 4.78 is 11.8. The van der Waals surface area contributed by atoms with Crippen LogP contribution in [-0.2, 0) is 0 Å². The standard InChI is InChI=1S/C51H29N3OS2/c1-3-12-30(13-4-1)49-52-50(31-14-5-2-6-15-31)54-51(53-49)38-18-11-19-41-47(38)36-24-22-32(28-42(36)55-41)34-27-39(48-37-17-8-10-21-44(37)57-46(48)29-34)33-23-25-45-40(26-33)35-16-7-9-20-43(35)56-45/h1-29H. The summed E-state index contributed by atoms with van der Waals surface area (Å²) in [5.41, 5.74) is 9.10. The second-order valence-corrected chi connectivity index (χ2v) is 16.5. The molecule has 0 N–H and O–H groups in total. The van der Waals surface area contributed by atoms with Crippen molar-refractivity contribution in [3.05, 3.63) is 176 Å². The number of benzene rings is 8. The van der Waals surface area contributed by atoms with E-state index in [2.05, 4.69) is 103 Å². The van der Waals surface area contributed by atoms with Crippen LogP contribution in [0, 0.1) is 0 Å². The number of furan rings is 1. The first-order valence-corrected chi connectivity index (χ1v) is 20.6. The number of thiophene rings is 2. The molecule has 0 spiro atoms. The summed E-state index contributed by atoms with van der Waals surface area (Å²) >= 11 is 3.71. The molecule has 0 aliphatic carbocycles. The molecule has 0 atom stereocenters. The molecule has 0 fully saturated rings. The highest BCUT2D eigenvalue weighted by Gasteiger charge is 2.20. The molecule has 0 aliphatic heterocycles. The van der Waals surface area contributed by atoms with Crippen LogP contribution >= 0.6 is 22.7 Å². The van der Waals surface area contributed by atoms with Gasteiger partial charge in [-0.05, 0) is 76.9 Å². The number of hydrogen-bond donors (Lipinski definition) is 0. The highest BCUT2D eigenvalue weighted by Crippen LogP contribution is 2.45. The fourth-order valence-electron chi connectivity index (χ4n) is 8.26. The Balaban J connectivity index is 1.03. The molecule has 0 bridgehead atoms. The first-order chi connectivity index (χ1) is 28.2. The van der Waals surface area contributed by atoms with Gasteiger partial charge >= 0.3 is 0 Å². The van der Waals surface area contributed by atoms with Crippen molar-refractivity contribution < 1.29 is 4.42 Å². The molecule has 0 aliphatic rings. The van der Waals surface area contributed by atoms with Crippen molar-refractivity contribution in [1.82, 2.24) is 15.0 Å². The van der Waals surface area contributed by atoms with Crippen molar-refractivity contribution in [2.45, 2.75) is 0 Å². The average Bonchev–Trinajstić information content (AvgIpc) is 3.97. The first kappa shape index (κ1) is 32.3. The van der Waals surface area contributed by atoms with Gasteiger partial charge in [0, 0.05) is 67.8 Å². The predicted octanol–water partition coefficient (Wildman–Crippen LogP) is 14.8. The zero-order valence-corrected chi connectivity index (χ0v) is 31.9. The fourth-order valence-corrected chi connectivity index (χ4v) is 10.5. The highest BCUT2D eigenvalue weighted by atomic mass is 32.1. The molecule has 0 saturated carbocycles. The van der Waals surface area contributed by atoms with E-state index in [1.165, 1.54) is 51.5 Å². The number of aromatic nitrogens is 3. The minimum Gasteiger partial charge on any atom is -0.456 e. The number of fused-ring (bicyclic) bond motifs is 9. The number of rotatable bonds is 5. The van der Waals surface area contributed by atoms with E-state index in [4.69, 9.17) is 19.4 Å². The normalized spacial score (nSPS) is 11.9. The van der Waals surface area contributed by atoms with Gasteiger partial charge in [-0.25, -0.2) is 15.0 Å². The first-order valence-electron chi connectivity index (χ1n) is 18.9. The Kier molecular flexibility index (Phi) is 7.24. The monoisotopic (exact) mass is 763 g/mol. The lowest BCUT2D eigenvalue weighted by Gasteiger charge is -2.10. The number of hydrogen-bond acceptors (Lipinski definition) is 6. The van der Waals surface area contributed by atoms with Gasteiger partial charge in [0.15, 0.2) is 17.5 Å². The van der Waals surface area contributed by atoms with E-state index < -0.39 is 0 Å². The molecule has 4 nitrogen and oxygen atoms in total. The Morgan fingerprint density at radius 3 is 1.72 bits per heavy atom. The SMILES string of the molecule is c1ccc(-c2nc(-c3ccccc3)nc(-c3cccc4oc5cc(-c6cc(-c7ccc8sc9ccccc9c8c7)c7c(c6)sc6ccccc67)ccc5c34)n2)cc1. The Morgan fingerprint density at radius 1 is 0.316 bits per heavy atom. The van der Waals surface area contributed by atoms with Crippen molar-refractivity contribution in [2.24, 2.45) is 0 Å². The van der Waals surface area contributed by atoms with Gasteiger partial charge in [0.2, 0.25) is 0 Å². The molecule has 8 aromatic carbocycles. The van der Waals surface area contributed by atoms with Crippen molar-refractivity contribution in [3.63, 3.8) is 0 Å². The topological polar surface area (TPSA) is 51.8 Å². The summed E-state index contributed by atoms with van der Waals surface area (Å²) in [5.74, 6) is 1.87. The molecule has 0 unspecified atom stereocenters. The van der Waals surface area contributed by atoms with Gasteiger partial charge in [-0.15, -0.1) is 22.7 Å². The van der Waals surface area contributed by atoms with Gasteiger partial charge in [-0.2, -0.15) is 0 Å². The van der Waals surface area contributed by atoms with E-state index in [0.717, 1.165) is 49.8 Å². The van der Waals surface area contributed by atoms with Crippen molar-refractivity contribution in [2.75, 3.05) is 0 Å². The van der Waals surface area contributed by atoms with E-state index in [1.54, 1.807) is 0 Å². The van der Waals surface area contributed by atoms with Gasteiger partial charge in [0.1, 0.15) is 11.2 Å². The van der Waals surface area contributed by atoms with Gasteiger partial charge in [0.25, 0.3) is 0 Å². The Morgan fingerprint density at radius 2 is 0.947 bits per heavy atom. The zero-order valence-electron chi connectivity index (χ0n) is 30.3. The van der Waals surface area contributed by atoms with Gasteiger partial charge in [-0.3, -0.25) is 0 Å². The maximum atomic E-state index is 6.67. The van der Waals surface area contributed by atoms with Crippen LogP contribution in [0.3, 0.4) is 0 Å². The van der Waals surface area contributed by atoms with Crippen LogP contribution in [0.1, 0.15) is 0 Å². The van der Waals surface area contributed by atoms with E-state index in [-0.39, 0.29) is 0 Å². The van der Waals surface area contributed by atoms with E-state index in [1.807, 2.05) is 95.5 Å². The number of nitrogens with zero attached hydrogens (tertiary/aromatic N) is 3. The van der Waals surface area contributed by atoms with E-state index in [9.17, 15) is 0 Å².